The van der Waals surface area contributed by atoms with Gasteiger partial charge in [0, 0.05) is 10.9 Å². The fourth-order valence-electron chi connectivity index (χ4n) is 2.82. The number of aromatic nitrogens is 1. The zero-order chi connectivity index (χ0) is 19.4. The molecule has 0 aliphatic rings. The van der Waals surface area contributed by atoms with E-state index in [4.69, 9.17) is 4.74 Å². The molecule has 0 spiro atoms. The molecule has 0 saturated heterocycles. The van der Waals surface area contributed by atoms with Crippen molar-refractivity contribution in [2.24, 2.45) is 0 Å². The molecule has 140 valence electrons. The molecular formula is C22H24N2O2S. The molecule has 1 amide bonds. The lowest BCUT2D eigenvalue weighted by Gasteiger charge is -2.13. The third kappa shape index (κ3) is 4.55. The molecule has 1 heterocycles. The maximum absolute atomic E-state index is 12.3. The summed E-state index contributed by atoms with van der Waals surface area (Å²) < 4.78 is 5.76. The lowest BCUT2D eigenvalue weighted by molar-refractivity contribution is -0.118. The zero-order valence-electron chi connectivity index (χ0n) is 16.1. The highest BCUT2D eigenvalue weighted by molar-refractivity contribution is 7.14. The summed E-state index contributed by atoms with van der Waals surface area (Å²) in [7, 11) is 0. The van der Waals surface area contributed by atoms with Crippen molar-refractivity contribution in [3.8, 4) is 17.0 Å². The highest BCUT2D eigenvalue weighted by Crippen LogP contribution is 2.27. The van der Waals surface area contributed by atoms with E-state index in [0.29, 0.717) is 5.13 Å². The van der Waals surface area contributed by atoms with Crippen molar-refractivity contribution in [1.29, 1.82) is 0 Å². The summed E-state index contributed by atoms with van der Waals surface area (Å²) in [4.78, 5) is 16.8. The van der Waals surface area contributed by atoms with Crippen LogP contribution in [-0.2, 0) is 11.2 Å². The SMILES string of the molecule is CCc1ccc(-c2csc(NC(=O)COc3c(C)ccc(C)c3C)n2)cc1. The smallest absolute Gasteiger partial charge is 0.264 e. The van der Waals surface area contributed by atoms with Gasteiger partial charge in [0.25, 0.3) is 5.91 Å². The second kappa shape index (κ2) is 8.35. The number of benzene rings is 2. The van der Waals surface area contributed by atoms with E-state index < -0.39 is 0 Å². The first kappa shape index (κ1) is 19.1. The molecule has 0 fully saturated rings. The number of amides is 1. The summed E-state index contributed by atoms with van der Waals surface area (Å²) in [6.45, 7) is 8.12. The Balaban J connectivity index is 1.62. The van der Waals surface area contributed by atoms with Crippen LogP contribution in [0.3, 0.4) is 0 Å². The molecule has 0 saturated carbocycles. The van der Waals surface area contributed by atoms with E-state index in [1.807, 2.05) is 32.2 Å². The summed E-state index contributed by atoms with van der Waals surface area (Å²) >= 11 is 1.41. The maximum Gasteiger partial charge on any atom is 0.264 e. The van der Waals surface area contributed by atoms with Gasteiger partial charge in [0.15, 0.2) is 11.7 Å². The van der Waals surface area contributed by atoms with Crippen molar-refractivity contribution in [3.05, 3.63) is 64.0 Å². The highest BCUT2D eigenvalue weighted by atomic mass is 32.1. The van der Waals surface area contributed by atoms with Gasteiger partial charge in [-0.15, -0.1) is 11.3 Å². The monoisotopic (exact) mass is 380 g/mol. The molecule has 0 atom stereocenters. The van der Waals surface area contributed by atoms with Crippen LogP contribution in [0.1, 0.15) is 29.2 Å². The largest absolute Gasteiger partial charge is 0.483 e. The van der Waals surface area contributed by atoms with Gasteiger partial charge in [0.05, 0.1) is 5.69 Å². The molecule has 2 aromatic carbocycles. The number of rotatable bonds is 6. The third-order valence-electron chi connectivity index (χ3n) is 4.63. The molecule has 0 radical (unpaired) electrons. The predicted octanol–water partition coefficient (Wildman–Crippen LogP) is 5.32. The van der Waals surface area contributed by atoms with Gasteiger partial charge in [-0.2, -0.15) is 0 Å². The van der Waals surface area contributed by atoms with Gasteiger partial charge in [-0.25, -0.2) is 4.98 Å². The molecule has 3 rings (SSSR count). The fourth-order valence-corrected chi connectivity index (χ4v) is 3.55. The lowest BCUT2D eigenvalue weighted by atomic mass is 10.1. The first-order chi connectivity index (χ1) is 13.0. The Hall–Kier alpha value is -2.66. The quantitative estimate of drug-likeness (QED) is 0.630. The van der Waals surface area contributed by atoms with E-state index in [0.717, 1.165) is 40.1 Å². The van der Waals surface area contributed by atoms with Crippen molar-refractivity contribution in [2.75, 3.05) is 11.9 Å². The molecule has 0 unspecified atom stereocenters. The van der Waals surface area contributed by atoms with Crippen LogP contribution >= 0.6 is 11.3 Å². The molecule has 1 N–H and O–H groups in total. The third-order valence-corrected chi connectivity index (χ3v) is 5.39. The number of carbonyl (C=O) groups is 1. The Morgan fingerprint density at radius 3 is 2.48 bits per heavy atom. The van der Waals surface area contributed by atoms with E-state index in [-0.39, 0.29) is 12.5 Å². The van der Waals surface area contributed by atoms with Gasteiger partial charge in [-0.05, 0) is 49.4 Å². The minimum atomic E-state index is -0.211. The number of nitrogens with zero attached hydrogens (tertiary/aromatic N) is 1. The Kier molecular flexibility index (Phi) is 5.91. The van der Waals surface area contributed by atoms with Gasteiger partial charge in [-0.1, -0.05) is 43.3 Å². The molecule has 3 aromatic rings. The first-order valence-corrected chi connectivity index (χ1v) is 9.90. The topological polar surface area (TPSA) is 51.2 Å². The van der Waals surface area contributed by atoms with Gasteiger partial charge in [-0.3, -0.25) is 10.1 Å². The Morgan fingerprint density at radius 1 is 1.07 bits per heavy atom. The number of hydrogen-bond acceptors (Lipinski definition) is 4. The summed E-state index contributed by atoms with van der Waals surface area (Å²) in [5, 5.41) is 5.35. The fraction of sp³-hybridized carbons (Fsp3) is 0.273. The van der Waals surface area contributed by atoms with E-state index in [2.05, 4.69) is 47.6 Å². The van der Waals surface area contributed by atoms with Crippen molar-refractivity contribution in [2.45, 2.75) is 34.1 Å². The van der Waals surface area contributed by atoms with E-state index in [1.165, 1.54) is 16.9 Å². The van der Waals surface area contributed by atoms with E-state index >= 15 is 0 Å². The van der Waals surface area contributed by atoms with Gasteiger partial charge >= 0.3 is 0 Å². The number of hydrogen-bond donors (Lipinski definition) is 1. The molecule has 1 aromatic heterocycles. The van der Waals surface area contributed by atoms with Crippen LogP contribution in [0.5, 0.6) is 5.75 Å². The normalized spacial score (nSPS) is 10.7. The standard InChI is InChI=1S/C22H24N2O2S/c1-5-17-8-10-18(11-9-17)19-13-27-22(23-19)24-20(25)12-26-21-15(3)7-6-14(2)16(21)4/h6-11,13H,5,12H2,1-4H3,(H,23,24,25). The Morgan fingerprint density at radius 2 is 1.78 bits per heavy atom. The molecule has 0 bridgehead atoms. The minimum Gasteiger partial charge on any atom is -0.483 e. The first-order valence-electron chi connectivity index (χ1n) is 9.02. The summed E-state index contributed by atoms with van der Waals surface area (Å²) in [5.74, 6) is 0.568. The number of nitrogens with one attached hydrogen (secondary N) is 1. The van der Waals surface area contributed by atoms with Crippen molar-refractivity contribution in [1.82, 2.24) is 4.98 Å². The summed E-state index contributed by atoms with van der Waals surface area (Å²) in [6, 6.07) is 12.4. The molecule has 4 nitrogen and oxygen atoms in total. The average molecular weight is 381 g/mol. The van der Waals surface area contributed by atoms with Crippen LogP contribution in [0, 0.1) is 20.8 Å². The van der Waals surface area contributed by atoms with Crippen LogP contribution in [0.2, 0.25) is 0 Å². The minimum absolute atomic E-state index is 0.0365. The van der Waals surface area contributed by atoms with Crippen molar-refractivity contribution < 1.29 is 9.53 Å². The van der Waals surface area contributed by atoms with E-state index in [1.54, 1.807) is 0 Å². The zero-order valence-corrected chi connectivity index (χ0v) is 16.9. The van der Waals surface area contributed by atoms with Crippen LogP contribution in [0.25, 0.3) is 11.3 Å². The van der Waals surface area contributed by atoms with Crippen LogP contribution in [0.15, 0.2) is 41.8 Å². The van der Waals surface area contributed by atoms with Gasteiger partial charge < -0.3 is 4.74 Å². The molecule has 5 heteroatoms. The van der Waals surface area contributed by atoms with E-state index in [9.17, 15) is 4.79 Å². The number of carbonyl (C=O) groups excluding carboxylic acids is 1. The summed E-state index contributed by atoms with van der Waals surface area (Å²) in [5.41, 5.74) is 6.44. The lowest BCUT2D eigenvalue weighted by Crippen LogP contribution is -2.20. The maximum atomic E-state index is 12.3. The second-order valence-corrected chi connectivity index (χ2v) is 7.44. The van der Waals surface area contributed by atoms with Gasteiger partial charge in [0.2, 0.25) is 0 Å². The van der Waals surface area contributed by atoms with Crippen LogP contribution in [0.4, 0.5) is 5.13 Å². The van der Waals surface area contributed by atoms with Crippen molar-refractivity contribution in [3.63, 3.8) is 0 Å². The molecule has 0 aliphatic heterocycles. The Bertz CT molecular complexity index is 945. The second-order valence-electron chi connectivity index (χ2n) is 6.58. The molecule has 0 aliphatic carbocycles. The van der Waals surface area contributed by atoms with Crippen LogP contribution in [-0.4, -0.2) is 17.5 Å². The number of anilines is 1. The molecular weight excluding hydrogens is 356 g/mol. The Labute approximate surface area is 164 Å². The number of aryl methyl sites for hydroxylation is 3. The predicted molar refractivity (Wildman–Crippen MR) is 112 cm³/mol. The van der Waals surface area contributed by atoms with Crippen molar-refractivity contribution >= 4 is 22.4 Å². The van der Waals surface area contributed by atoms with Gasteiger partial charge in [0.1, 0.15) is 5.75 Å². The summed E-state index contributed by atoms with van der Waals surface area (Å²) in [6.07, 6.45) is 1.01. The molecule has 27 heavy (non-hydrogen) atoms. The highest BCUT2D eigenvalue weighted by Gasteiger charge is 2.11. The average Bonchev–Trinajstić information content (AvgIpc) is 3.13. The van der Waals surface area contributed by atoms with Crippen LogP contribution < -0.4 is 10.1 Å². The number of thiazole rings is 1. The number of ether oxygens (including phenoxy) is 1.